The molecule has 1 unspecified atom stereocenters. The zero-order valence-electron chi connectivity index (χ0n) is 12.2. The third-order valence-corrected chi connectivity index (χ3v) is 4.16. The molecular weight excluding hydrogens is 238 g/mol. The maximum Gasteiger partial charge on any atom is 0.119 e. The summed E-state index contributed by atoms with van der Waals surface area (Å²) in [5, 5.41) is 3.32. The summed E-state index contributed by atoms with van der Waals surface area (Å²) >= 11 is 0. The Morgan fingerprint density at radius 3 is 2.68 bits per heavy atom. The first-order chi connectivity index (χ1) is 9.26. The number of ether oxygens (including phenoxy) is 2. The molecule has 1 heterocycles. The smallest absolute Gasteiger partial charge is 0.119 e. The fourth-order valence-corrected chi connectivity index (χ4v) is 3.00. The lowest BCUT2D eigenvalue weighted by atomic mass is 9.67. The van der Waals surface area contributed by atoms with Crippen LogP contribution in [0.2, 0.25) is 0 Å². The molecule has 106 valence electrons. The molecule has 3 heteroatoms. The Kier molecular flexibility index (Phi) is 4.83. The largest absolute Gasteiger partial charge is 0.494 e. The van der Waals surface area contributed by atoms with Crippen molar-refractivity contribution in [3.8, 4) is 5.75 Å². The zero-order valence-corrected chi connectivity index (χ0v) is 12.2. The molecule has 1 atom stereocenters. The molecule has 0 radical (unpaired) electrons. The van der Waals surface area contributed by atoms with Gasteiger partial charge < -0.3 is 14.8 Å². The number of nitrogens with one attached hydrogen (secondary N) is 1. The summed E-state index contributed by atoms with van der Waals surface area (Å²) in [7, 11) is 2.02. The summed E-state index contributed by atoms with van der Waals surface area (Å²) in [6.07, 6.45) is 1.16. The summed E-state index contributed by atoms with van der Waals surface area (Å²) in [5.41, 5.74) is 1.51. The second-order valence-electron chi connectivity index (χ2n) is 5.27. The van der Waals surface area contributed by atoms with E-state index in [-0.39, 0.29) is 5.41 Å². The molecule has 1 aliphatic rings. The normalized spacial score (nSPS) is 18.7. The van der Waals surface area contributed by atoms with Crippen LogP contribution in [0.1, 0.15) is 25.8 Å². The van der Waals surface area contributed by atoms with Crippen LogP contribution in [-0.4, -0.2) is 33.4 Å². The molecule has 0 spiro atoms. The number of benzene rings is 1. The lowest BCUT2D eigenvalue weighted by molar-refractivity contribution is -0.0910. The Morgan fingerprint density at radius 2 is 2.16 bits per heavy atom. The van der Waals surface area contributed by atoms with Crippen molar-refractivity contribution >= 4 is 0 Å². The monoisotopic (exact) mass is 263 g/mol. The van der Waals surface area contributed by atoms with Gasteiger partial charge in [0.1, 0.15) is 5.75 Å². The summed E-state index contributed by atoms with van der Waals surface area (Å²) < 4.78 is 11.2. The molecule has 1 fully saturated rings. The topological polar surface area (TPSA) is 30.5 Å². The van der Waals surface area contributed by atoms with Gasteiger partial charge in [0.15, 0.2) is 0 Å². The van der Waals surface area contributed by atoms with Gasteiger partial charge in [-0.3, -0.25) is 0 Å². The Morgan fingerprint density at radius 1 is 1.37 bits per heavy atom. The van der Waals surface area contributed by atoms with Crippen LogP contribution in [0.15, 0.2) is 24.3 Å². The minimum Gasteiger partial charge on any atom is -0.494 e. The van der Waals surface area contributed by atoms with Gasteiger partial charge in [0.25, 0.3) is 0 Å². The number of hydrogen-bond donors (Lipinski definition) is 1. The molecule has 0 aliphatic carbocycles. The molecular formula is C16H25NO2. The van der Waals surface area contributed by atoms with Crippen LogP contribution in [0.4, 0.5) is 0 Å². The molecule has 1 aromatic carbocycles. The van der Waals surface area contributed by atoms with Crippen LogP contribution < -0.4 is 10.1 Å². The summed E-state index contributed by atoms with van der Waals surface area (Å²) in [4.78, 5) is 0. The molecule has 1 N–H and O–H groups in total. The lowest BCUT2D eigenvalue weighted by Crippen LogP contribution is -2.54. The Hall–Kier alpha value is -1.06. The fourth-order valence-electron chi connectivity index (χ4n) is 3.00. The highest BCUT2D eigenvalue weighted by molar-refractivity contribution is 5.36. The first kappa shape index (κ1) is 14.4. The van der Waals surface area contributed by atoms with Crippen molar-refractivity contribution in [2.45, 2.75) is 25.7 Å². The highest BCUT2D eigenvalue weighted by Gasteiger charge is 2.46. The Bertz CT molecular complexity index is 401. The van der Waals surface area contributed by atoms with E-state index >= 15 is 0 Å². The average molecular weight is 263 g/mol. The lowest BCUT2D eigenvalue weighted by Gasteiger charge is -2.47. The van der Waals surface area contributed by atoms with Gasteiger partial charge in [-0.2, -0.15) is 0 Å². The predicted molar refractivity (Wildman–Crippen MR) is 77.8 cm³/mol. The summed E-state index contributed by atoms with van der Waals surface area (Å²) in [5.74, 6) is 1.56. The van der Waals surface area contributed by atoms with E-state index in [0.29, 0.717) is 12.5 Å². The molecule has 1 aromatic rings. The summed E-state index contributed by atoms with van der Waals surface area (Å²) in [6, 6.07) is 8.51. The molecule has 0 bridgehead atoms. The Labute approximate surface area is 116 Å². The van der Waals surface area contributed by atoms with Crippen LogP contribution >= 0.6 is 0 Å². The van der Waals surface area contributed by atoms with E-state index in [4.69, 9.17) is 9.47 Å². The van der Waals surface area contributed by atoms with Gasteiger partial charge in [-0.1, -0.05) is 25.5 Å². The molecule has 2 rings (SSSR count). The minimum absolute atomic E-state index is 0.158. The van der Waals surface area contributed by atoms with E-state index in [1.807, 2.05) is 20.0 Å². The van der Waals surface area contributed by atoms with Gasteiger partial charge >= 0.3 is 0 Å². The van der Waals surface area contributed by atoms with E-state index in [1.165, 1.54) is 5.56 Å². The first-order valence-electron chi connectivity index (χ1n) is 7.22. The maximum absolute atomic E-state index is 5.63. The minimum atomic E-state index is 0.158. The van der Waals surface area contributed by atoms with Crippen LogP contribution in [0.3, 0.4) is 0 Å². The number of hydrogen-bond acceptors (Lipinski definition) is 3. The van der Waals surface area contributed by atoms with Crippen LogP contribution in [-0.2, 0) is 10.2 Å². The number of rotatable bonds is 7. The van der Waals surface area contributed by atoms with Crippen molar-refractivity contribution in [1.29, 1.82) is 0 Å². The van der Waals surface area contributed by atoms with Crippen LogP contribution in [0, 0.1) is 5.92 Å². The fraction of sp³-hybridized carbons (Fsp3) is 0.625. The molecule has 0 saturated carbocycles. The van der Waals surface area contributed by atoms with E-state index in [0.717, 1.165) is 31.9 Å². The van der Waals surface area contributed by atoms with Crippen LogP contribution in [0.25, 0.3) is 0 Å². The maximum atomic E-state index is 5.63. The Balaban J connectivity index is 2.27. The molecule has 0 amide bonds. The van der Waals surface area contributed by atoms with Crippen molar-refractivity contribution in [3.63, 3.8) is 0 Å². The highest BCUT2D eigenvalue weighted by Crippen LogP contribution is 2.41. The molecule has 3 nitrogen and oxygen atoms in total. The van der Waals surface area contributed by atoms with Gasteiger partial charge in [0.05, 0.1) is 19.8 Å². The molecule has 1 aliphatic heterocycles. The SMILES string of the molecule is CCOc1cccc(C2(C(CC)CNC)COC2)c1. The van der Waals surface area contributed by atoms with E-state index < -0.39 is 0 Å². The zero-order chi connectivity index (χ0) is 13.7. The molecule has 1 saturated heterocycles. The third kappa shape index (κ3) is 2.77. The highest BCUT2D eigenvalue weighted by atomic mass is 16.5. The summed E-state index contributed by atoms with van der Waals surface area (Å²) in [6.45, 7) is 7.66. The van der Waals surface area contributed by atoms with Gasteiger partial charge in [-0.25, -0.2) is 0 Å². The second-order valence-corrected chi connectivity index (χ2v) is 5.27. The van der Waals surface area contributed by atoms with Gasteiger partial charge in [-0.05, 0) is 44.1 Å². The van der Waals surface area contributed by atoms with Gasteiger partial charge in [-0.15, -0.1) is 0 Å². The van der Waals surface area contributed by atoms with Crippen molar-refractivity contribution < 1.29 is 9.47 Å². The predicted octanol–water partition coefficient (Wildman–Crippen LogP) is 2.60. The van der Waals surface area contributed by atoms with Crippen molar-refractivity contribution in [3.05, 3.63) is 29.8 Å². The van der Waals surface area contributed by atoms with Crippen molar-refractivity contribution in [1.82, 2.24) is 5.32 Å². The third-order valence-electron chi connectivity index (χ3n) is 4.16. The second kappa shape index (κ2) is 6.40. The molecule has 19 heavy (non-hydrogen) atoms. The quantitative estimate of drug-likeness (QED) is 0.820. The van der Waals surface area contributed by atoms with E-state index in [1.54, 1.807) is 0 Å². The van der Waals surface area contributed by atoms with Gasteiger partial charge in [0, 0.05) is 5.41 Å². The van der Waals surface area contributed by atoms with E-state index in [2.05, 4.69) is 30.4 Å². The van der Waals surface area contributed by atoms with E-state index in [9.17, 15) is 0 Å². The van der Waals surface area contributed by atoms with Crippen molar-refractivity contribution in [2.24, 2.45) is 5.92 Å². The average Bonchev–Trinajstić information content (AvgIpc) is 2.37. The molecule has 0 aromatic heterocycles. The van der Waals surface area contributed by atoms with Crippen LogP contribution in [0.5, 0.6) is 5.75 Å². The standard InChI is InChI=1S/C16H25NO2/c1-4-13(10-17-3)16(11-18-12-16)14-7-6-8-15(9-14)19-5-2/h6-9,13,17H,4-5,10-12H2,1-3H3. The van der Waals surface area contributed by atoms with Crippen molar-refractivity contribution in [2.75, 3.05) is 33.4 Å². The van der Waals surface area contributed by atoms with Gasteiger partial charge in [0.2, 0.25) is 0 Å². The first-order valence-corrected chi connectivity index (χ1v) is 7.22.